The number of hydrogen-bond acceptors (Lipinski definition) is 13. The van der Waals surface area contributed by atoms with Crippen molar-refractivity contribution in [2.75, 3.05) is 45.8 Å². The summed E-state index contributed by atoms with van der Waals surface area (Å²) in [6, 6.07) is 4.96. The lowest BCUT2D eigenvalue weighted by Crippen LogP contribution is -2.36. The predicted molar refractivity (Wildman–Crippen MR) is 127 cm³/mol. The lowest BCUT2D eigenvalue weighted by molar-refractivity contribution is -0.119. The number of methoxy groups -OCH3 is 1. The second-order valence-electron chi connectivity index (χ2n) is 7.92. The van der Waals surface area contributed by atoms with Crippen LogP contribution in [0.1, 0.15) is 28.7 Å². The molecule has 0 spiro atoms. The Hall–Kier alpha value is -4.57. The fourth-order valence-electron chi connectivity index (χ4n) is 3.52. The Morgan fingerprint density at radius 3 is 2.68 bits per heavy atom. The third-order valence-corrected chi connectivity index (χ3v) is 5.40. The molecule has 1 aliphatic rings. The quantitative estimate of drug-likeness (QED) is 0.222. The highest BCUT2D eigenvalue weighted by molar-refractivity contribution is 6.01. The molecule has 3 aromatic rings. The molecule has 2 aromatic heterocycles. The van der Waals surface area contributed by atoms with Gasteiger partial charge in [-0.3, -0.25) is 14.5 Å². The number of rotatable bonds is 10. The molecule has 16 heteroatoms. The highest BCUT2D eigenvalue weighted by atomic mass is 16.6. The van der Waals surface area contributed by atoms with E-state index in [1.165, 1.54) is 7.11 Å². The molecule has 0 aliphatic carbocycles. The van der Waals surface area contributed by atoms with E-state index in [0.29, 0.717) is 61.3 Å². The van der Waals surface area contributed by atoms with Crippen molar-refractivity contribution < 1.29 is 28.4 Å². The van der Waals surface area contributed by atoms with Gasteiger partial charge in [0.1, 0.15) is 5.69 Å². The number of morpholine rings is 1. The smallest absolute Gasteiger partial charge is 0.292 e. The largest absolute Gasteiger partial charge is 0.493 e. The van der Waals surface area contributed by atoms with Gasteiger partial charge < -0.3 is 25.7 Å². The highest BCUT2D eigenvalue weighted by Crippen LogP contribution is 2.28. The summed E-state index contributed by atoms with van der Waals surface area (Å²) in [7, 11) is 1.46. The highest BCUT2D eigenvalue weighted by Gasteiger charge is 2.27. The van der Waals surface area contributed by atoms with Crippen molar-refractivity contribution in [2.45, 2.75) is 13.5 Å². The minimum Gasteiger partial charge on any atom is -0.493 e. The average molecular weight is 515 g/mol. The number of benzene rings is 1. The van der Waals surface area contributed by atoms with Crippen molar-refractivity contribution in [3.05, 3.63) is 35.2 Å². The van der Waals surface area contributed by atoms with Gasteiger partial charge in [0.05, 0.1) is 26.0 Å². The Morgan fingerprint density at radius 2 is 2.00 bits per heavy atom. The predicted octanol–water partition coefficient (Wildman–Crippen LogP) is -0.909. The first kappa shape index (κ1) is 25.5. The fourth-order valence-corrected chi connectivity index (χ4v) is 3.52. The minimum absolute atomic E-state index is 0.0304. The van der Waals surface area contributed by atoms with E-state index in [0.717, 1.165) is 4.68 Å². The van der Waals surface area contributed by atoms with Crippen molar-refractivity contribution in [1.29, 1.82) is 0 Å². The molecule has 2 amide bonds. The first-order valence-corrected chi connectivity index (χ1v) is 11.1. The van der Waals surface area contributed by atoms with Crippen molar-refractivity contribution in [2.24, 2.45) is 10.8 Å². The second kappa shape index (κ2) is 11.4. The first-order chi connectivity index (χ1) is 17.9. The van der Waals surface area contributed by atoms with Crippen molar-refractivity contribution in [1.82, 2.24) is 35.6 Å². The minimum atomic E-state index is -0.614. The monoisotopic (exact) mass is 514 g/mol. The van der Waals surface area contributed by atoms with E-state index >= 15 is 0 Å². The van der Waals surface area contributed by atoms with Crippen LogP contribution in [0.4, 0.5) is 5.82 Å². The number of aromatic nitrogens is 5. The molecule has 1 saturated heterocycles. The molecule has 1 fully saturated rings. The maximum Gasteiger partial charge on any atom is 0.292 e. The van der Waals surface area contributed by atoms with Crippen LogP contribution in [0.15, 0.2) is 27.9 Å². The van der Waals surface area contributed by atoms with Crippen LogP contribution in [-0.2, 0) is 16.1 Å². The number of hydrogen-bond donors (Lipinski definition) is 3. The Kier molecular flexibility index (Phi) is 7.89. The molecular weight excluding hydrogens is 488 g/mol. The van der Waals surface area contributed by atoms with Crippen LogP contribution >= 0.6 is 0 Å². The summed E-state index contributed by atoms with van der Waals surface area (Å²) < 4.78 is 21.9. The molecule has 3 heterocycles. The second-order valence-corrected chi connectivity index (χ2v) is 7.92. The van der Waals surface area contributed by atoms with Gasteiger partial charge in [-0.2, -0.15) is 9.78 Å². The normalized spacial score (nSPS) is 14.4. The lowest BCUT2D eigenvalue weighted by Gasteiger charge is -2.25. The summed E-state index contributed by atoms with van der Waals surface area (Å²) in [5, 5.41) is 19.7. The van der Waals surface area contributed by atoms with Crippen molar-refractivity contribution in [3.63, 3.8) is 0 Å². The summed E-state index contributed by atoms with van der Waals surface area (Å²) in [4.78, 5) is 26.4. The molecule has 0 saturated carbocycles. The van der Waals surface area contributed by atoms with E-state index in [-0.39, 0.29) is 23.9 Å². The van der Waals surface area contributed by atoms with Gasteiger partial charge in [0.25, 0.3) is 11.8 Å². The molecule has 0 atom stereocenters. The maximum atomic E-state index is 13.3. The number of ether oxygens (including phenoxy) is 3. The van der Waals surface area contributed by atoms with E-state index in [2.05, 4.69) is 40.7 Å². The van der Waals surface area contributed by atoms with Crippen LogP contribution in [-0.4, -0.2) is 87.8 Å². The number of carbonyl (C=O) groups is 2. The van der Waals surface area contributed by atoms with Gasteiger partial charge in [-0.05, 0) is 35.4 Å². The molecule has 0 bridgehead atoms. The maximum absolute atomic E-state index is 13.3. The number of nitrogen functional groups attached to an aromatic ring is 1. The number of nitrogens with one attached hydrogen (secondary N) is 1. The van der Waals surface area contributed by atoms with Crippen LogP contribution in [0.25, 0.3) is 5.82 Å². The van der Waals surface area contributed by atoms with E-state index < -0.39 is 11.8 Å². The van der Waals surface area contributed by atoms with Crippen LogP contribution in [0, 0.1) is 0 Å². The molecule has 1 aromatic carbocycles. The molecule has 16 nitrogen and oxygen atoms in total. The molecule has 37 heavy (non-hydrogen) atoms. The third kappa shape index (κ3) is 5.99. The average Bonchev–Trinajstić information content (AvgIpc) is 3.51. The Bertz CT molecular complexity index is 1300. The zero-order valence-corrected chi connectivity index (χ0v) is 20.2. The number of amides is 2. The van der Waals surface area contributed by atoms with E-state index in [9.17, 15) is 9.59 Å². The van der Waals surface area contributed by atoms with Gasteiger partial charge >= 0.3 is 0 Å². The van der Waals surface area contributed by atoms with Crippen molar-refractivity contribution in [3.8, 4) is 17.3 Å². The van der Waals surface area contributed by atoms with Crippen LogP contribution < -0.4 is 26.4 Å². The molecular formula is C21H26N10O6. The van der Waals surface area contributed by atoms with Gasteiger partial charge in [-0.25, -0.2) is 10.1 Å². The Morgan fingerprint density at radius 1 is 1.22 bits per heavy atom. The standard InChI is InChI=1S/C21H26N10O6/c1-12(13-3-4-15(16(9-13)34-2)36-11-17(22)32)24-26-21(33)18-14(10-30-5-7-35-8-6-30)25-29-31(18)20-19(23)27-37-28-20/h3-4,9H,5-8,10-11H2,1-2H3,(H2,22,32)(H2,23,27)(H,26,33). The summed E-state index contributed by atoms with van der Waals surface area (Å²) in [5.74, 6) is -0.530. The molecule has 196 valence electrons. The van der Waals surface area contributed by atoms with E-state index in [4.69, 9.17) is 25.7 Å². The van der Waals surface area contributed by atoms with Crippen LogP contribution in [0.3, 0.4) is 0 Å². The van der Waals surface area contributed by atoms with E-state index in [1.54, 1.807) is 25.1 Å². The topological polar surface area (TPSA) is 211 Å². The number of anilines is 1. The van der Waals surface area contributed by atoms with Gasteiger partial charge in [0, 0.05) is 25.2 Å². The Balaban J connectivity index is 1.57. The zero-order chi connectivity index (χ0) is 26.4. The van der Waals surface area contributed by atoms with Gasteiger partial charge in [0.2, 0.25) is 11.6 Å². The molecule has 0 radical (unpaired) electrons. The lowest BCUT2D eigenvalue weighted by atomic mass is 10.1. The van der Waals surface area contributed by atoms with Gasteiger partial charge in [-0.1, -0.05) is 5.21 Å². The Labute approximate surface area is 210 Å². The molecule has 0 unspecified atom stereocenters. The van der Waals surface area contributed by atoms with Gasteiger partial charge in [-0.15, -0.1) is 5.10 Å². The SMILES string of the molecule is COc1cc(C(C)=NNC(=O)c2c(CN3CCOCC3)nnn2-c2nonc2N)ccc1OCC(N)=O. The number of hydrazone groups is 1. The zero-order valence-electron chi connectivity index (χ0n) is 20.2. The van der Waals surface area contributed by atoms with Crippen molar-refractivity contribution >= 4 is 23.3 Å². The first-order valence-electron chi connectivity index (χ1n) is 11.1. The molecule has 5 N–H and O–H groups in total. The summed E-state index contributed by atoms with van der Waals surface area (Å²) >= 11 is 0. The van der Waals surface area contributed by atoms with E-state index in [1.807, 2.05) is 0 Å². The van der Waals surface area contributed by atoms with Gasteiger partial charge in [0.15, 0.2) is 23.8 Å². The van der Waals surface area contributed by atoms with Crippen LogP contribution in [0.2, 0.25) is 0 Å². The summed E-state index contributed by atoms with van der Waals surface area (Å²) in [6.45, 7) is 4.27. The summed E-state index contributed by atoms with van der Waals surface area (Å²) in [6.07, 6.45) is 0. The number of nitrogens with zero attached hydrogens (tertiary/aromatic N) is 7. The summed E-state index contributed by atoms with van der Waals surface area (Å²) in [5.41, 5.74) is 15.0. The molecule has 1 aliphatic heterocycles. The number of carbonyl (C=O) groups excluding carboxylic acids is 2. The van der Waals surface area contributed by atoms with Crippen LogP contribution in [0.5, 0.6) is 11.5 Å². The fraction of sp³-hybridized carbons (Fsp3) is 0.381. The number of nitrogens with two attached hydrogens (primary N) is 2. The third-order valence-electron chi connectivity index (χ3n) is 5.40. The molecule has 4 rings (SSSR count). The number of primary amides is 1.